The number of hydrogen-bond acceptors (Lipinski definition) is 2. The summed E-state index contributed by atoms with van der Waals surface area (Å²) < 4.78 is 25.3. The van der Waals surface area contributed by atoms with E-state index in [9.17, 15) is 13.6 Å². The summed E-state index contributed by atoms with van der Waals surface area (Å²) in [5, 5.41) is 0. The molecule has 0 aromatic carbocycles. The van der Waals surface area contributed by atoms with E-state index in [-0.39, 0.29) is 12.1 Å². The van der Waals surface area contributed by atoms with Crippen molar-refractivity contribution in [3.05, 3.63) is 31.2 Å². The predicted octanol–water partition coefficient (Wildman–Crippen LogP) is 1.38. The maximum Gasteiger partial charge on any atom is 0.269 e. The van der Waals surface area contributed by atoms with Crippen LogP contribution < -0.4 is 11.3 Å². The number of nitrogens with one attached hydrogen (secondary N) is 1. The molecule has 0 aliphatic rings. The van der Waals surface area contributed by atoms with Crippen LogP contribution in [0, 0.1) is 3.57 Å². The van der Waals surface area contributed by atoms with E-state index in [4.69, 9.17) is 5.73 Å². The molecule has 0 radical (unpaired) electrons. The lowest BCUT2D eigenvalue weighted by Crippen LogP contribution is -2.19. The summed E-state index contributed by atoms with van der Waals surface area (Å²) in [6.45, 7) is -0.0537. The molecule has 0 amide bonds. The monoisotopic (exact) mass is 300 g/mol. The zero-order valence-corrected chi connectivity index (χ0v) is 8.64. The molecule has 0 aliphatic carbocycles. The Morgan fingerprint density at radius 3 is 2.62 bits per heavy atom. The molecule has 1 aromatic rings. The van der Waals surface area contributed by atoms with E-state index in [2.05, 4.69) is 4.98 Å². The van der Waals surface area contributed by atoms with Gasteiger partial charge >= 0.3 is 0 Å². The molecule has 0 bridgehead atoms. The number of pyridine rings is 1. The fourth-order valence-corrected chi connectivity index (χ4v) is 1.66. The fraction of sp³-hybridized carbons (Fsp3) is 0.286. The van der Waals surface area contributed by atoms with Gasteiger partial charge in [-0.1, -0.05) is 0 Å². The van der Waals surface area contributed by atoms with Crippen molar-refractivity contribution in [2.75, 3.05) is 0 Å². The van der Waals surface area contributed by atoms with Crippen LogP contribution in [-0.4, -0.2) is 4.98 Å². The van der Waals surface area contributed by atoms with E-state index in [1.54, 1.807) is 0 Å². The summed E-state index contributed by atoms with van der Waals surface area (Å²) in [4.78, 5) is 13.2. The number of aromatic nitrogens is 1. The number of rotatable bonds is 2. The minimum Gasteiger partial charge on any atom is -0.328 e. The molecule has 0 atom stereocenters. The Kier molecular flexibility index (Phi) is 3.37. The van der Waals surface area contributed by atoms with Gasteiger partial charge in [0.1, 0.15) is 0 Å². The van der Waals surface area contributed by atoms with Crippen molar-refractivity contribution in [1.29, 1.82) is 0 Å². The summed E-state index contributed by atoms with van der Waals surface area (Å²) in [5.41, 5.74) is 4.20. The normalized spacial score (nSPS) is 10.8. The van der Waals surface area contributed by atoms with Gasteiger partial charge in [-0.3, -0.25) is 4.79 Å². The molecule has 0 saturated carbocycles. The number of H-pyrrole nitrogens is 1. The predicted molar refractivity (Wildman–Crippen MR) is 52.6 cm³/mol. The molecule has 72 valence electrons. The first-order chi connectivity index (χ1) is 6.07. The van der Waals surface area contributed by atoms with E-state index in [0.717, 1.165) is 0 Å². The number of alkyl halides is 2. The van der Waals surface area contributed by atoms with Crippen molar-refractivity contribution in [3.8, 4) is 0 Å². The molecule has 0 unspecified atom stereocenters. The Labute approximate surface area is 86.5 Å². The van der Waals surface area contributed by atoms with Gasteiger partial charge in [-0.2, -0.15) is 0 Å². The molecule has 6 heteroatoms. The van der Waals surface area contributed by atoms with E-state index in [0.29, 0.717) is 3.57 Å². The first kappa shape index (κ1) is 10.6. The summed E-state index contributed by atoms with van der Waals surface area (Å²) in [6.07, 6.45) is -1.41. The largest absolute Gasteiger partial charge is 0.328 e. The molecule has 13 heavy (non-hydrogen) atoms. The Morgan fingerprint density at radius 2 is 2.23 bits per heavy atom. The second-order valence-electron chi connectivity index (χ2n) is 2.36. The minimum atomic E-state index is -2.78. The molecule has 1 aromatic heterocycles. The minimum absolute atomic E-state index is 0.0537. The first-order valence-corrected chi connectivity index (χ1v) is 4.54. The molecule has 3 nitrogen and oxygen atoms in total. The van der Waals surface area contributed by atoms with Gasteiger partial charge in [0.05, 0.1) is 5.56 Å². The van der Waals surface area contributed by atoms with Crippen molar-refractivity contribution in [3.63, 3.8) is 0 Å². The second-order valence-corrected chi connectivity index (χ2v) is 3.52. The average molecular weight is 300 g/mol. The topological polar surface area (TPSA) is 58.9 Å². The number of aromatic amines is 1. The second kappa shape index (κ2) is 4.14. The summed E-state index contributed by atoms with van der Waals surface area (Å²) in [6, 6.07) is 0. The van der Waals surface area contributed by atoms with Gasteiger partial charge in [0.25, 0.3) is 12.0 Å². The molecule has 3 N–H and O–H groups in total. The smallest absolute Gasteiger partial charge is 0.269 e. The molecule has 1 heterocycles. The standard InChI is InChI=1S/C7H7F2IN2O/c8-6(9)5-3(1-11)4(10)2-12-7(5)13/h2,6H,1,11H2,(H,12,13). The van der Waals surface area contributed by atoms with Gasteiger partial charge in [0.15, 0.2) is 0 Å². The molecule has 0 aliphatic heterocycles. The zero-order chi connectivity index (χ0) is 10.0. The van der Waals surface area contributed by atoms with Crippen LogP contribution in [0.3, 0.4) is 0 Å². The van der Waals surface area contributed by atoms with Gasteiger partial charge in [0.2, 0.25) is 0 Å². The van der Waals surface area contributed by atoms with Gasteiger partial charge in [0, 0.05) is 16.3 Å². The van der Waals surface area contributed by atoms with Crippen molar-refractivity contribution in [2.45, 2.75) is 13.0 Å². The van der Waals surface area contributed by atoms with Crippen LogP contribution in [0.25, 0.3) is 0 Å². The van der Waals surface area contributed by atoms with E-state index in [1.807, 2.05) is 22.6 Å². The summed E-state index contributed by atoms with van der Waals surface area (Å²) in [7, 11) is 0. The van der Waals surface area contributed by atoms with Crippen LogP contribution >= 0.6 is 22.6 Å². The third-order valence-corrected chi connectivity index (χ3v) is 2.57. The van der Waals surface area contributed by atoms with Gasteiger partial charge in [-0.15, -0.1) is 0 Å². The maximum atomic E-state index is 12.4. The van der Waals surface area contributed by atoms with Gasteiger partial charge in [-0.05, 0) is 28.2 Å². The fourth-order valence-electron chi connectivity index (χ4n) is 0.998. The first-order valence-electron chi connectivity index (χ1n) is 3.46. The number of nitrogens with two attached hydrogens (primary N) is 1. The van der Waals surface area contributed by atoms with Crippen LogP contribution in [0.2, 0.25) is 0 Å². The summed E-state index contributed by atoms with van der Waals surface area (Å²) >= 11 is 1.85. The van der Waals surface area contributed by atoms with Crippen LogP contribution in [0.4, 0.5) is 8.78 Å². The quantitative estimate of drug-likeness (QED) is 0.811. The third-order valence-electron chi connectivity index (χ3n) is 1.61. The van der Waals surface area contributed by atoms with Crippen LogP contribution in [-0.2, 0) is 6.54 Å². The maximum absolute atomic E-state index is 12.4. The molecular formula is C7H7F2IN2O. The van der Waals surface area contributed by atoms with E-state index < -0.39 is 17.5 Å². The Balaban J connectivity index is 3.44. The highest BCUT2D eigenvalue weighted by Gasteiger charge is 2.18. The number of halogens is 3. The Hall–Kier alpha value is -0.500. The molecule has 0 saturated heterocycles. The van der Waals surface area contributed by atoms with E-state index >= 15 is 0 Å². The lowest BCUT2D eigenvalue weighted by molar-refractivity contribution is 0.148. The molecular weight excluding hydrogens is 293 g/mol. The third kappa shape index (κ3) is 2.05. The average Bonchev–Trinajstić information content (AvgIpc) is 2.07. The van der Waals surface area contributed by atoms with Crippen LogP contribution in [0.5, 0.6) is 0 Å². The highest BCUT2D eigenvalue weighted by atomic mass is 127. The van der Waals surface area contributed by atoms with Crippen LogP contribution in [0.15, 0.2) is 11.0 Å². The highest BCUT2D eigenvalue weighted by molar-refractivity contribution is 14.1. The lowest BCUT2D eigenvalue weighted by Gasteiger charge is -2.06. The molecule has 1 rings (SSSR count). The van der Waals surface area contributed by atoms with Crippen molar-refractivity contribution < 1.29 is 8.78 Å². The van der Waals surface area contributed by atoms with Crippen molar-refractivity contribution in [1.82, 2.24) is 4.98 Å². The van der Waals surface area contributed by atoms with Crippen molar-refractivity contribution in [2.24, 2.45) is 5.73 Å². The Morgan fingerprint density at radius 1 is 1.62 bits per heavy atom. The van der Waals surface area contributed by atoms with Gasteiger partial charge in [-0.25, -0.2) is 8.78 Å². The lowest BCUT2D eigenvalue weighted by atomic mass is 10.1. The summed E-state index contributed by atoms with van der Waals surface area (Å²) in [5.74, 6) is 0. The Bertz CT molecular complexity index is 364. The van der Waals surface area contributed by atoms with Crippen LogP contribution in [0.1, 0.15) is 17.6 Å². The molecule has 0 spiro atoms. The highest BCUT2D eigenvalue weighted by Crippen LogP contribution is 2.21. The number of hydrogen-bond donors (Lipinski definition) is 2. The zero-order valence-electron chi connectivity index (χ0n) is 6.48. The molecule has 0 fully saturated rings. The van der Waals surface area contributed by atoms with Crippen molar-refractivity contribution >= 4 is 22.6 Å². The SMILES string of the molecule is NCc1c(I)c[nH]c(=O)c1C(F)F. The van der Waals surface area contributed by atoms with E-state index in [1.165, 1.54) is 6.20 Å². The van der Waals surface area contributed by atoms with Gasteiger partial charge < -0.3 is 10.7 Å².